The molecule has 0 fully saturated rings. The highest BCUT2D eigenvalue weighted by Gasteiger charge is 2.35. The third kappa shape index (κ3) is 2.70. The average Bonchev–Trinajstić information content (AvgIpc) is 2.37. The van der Waals surface area contributed by atoms with Crippen LogP contribution in [-0.4, -0.2) is 36.4 Å². The first-order valence-corrected chi connectivity index (χ1v) is 6.36. The Morgan fingerprint density at radius 3 is 2.89 bits per heavy atom. The summed E-state index contributed by atoms with van der Waals surface area (Å²) in [6.45, 7) is 4.51. The molecule has 0 saturated carbocycles. The number of fused-ring (bicyclic) bond motifs is 1. The van der Waals surface area contributed by atoms with Crippen molar-refractivity contribution in [2.75, 3.05) is 18.9 Å². The Balaban J connectivity index is 2.19. The van der Waals surface area contributed by atoms with Gasteiger partial charge in [0.1, 0.15) is 5.75 Å². The van der Waals surface area contributed by atoms with E-state index in [-0.39, 0.29) is 5.91 Å². The Kier molecular flexibility index (Phi) is 3.74. The van der Waals surface area contributed by atoms with Crippen molar-refractivity contribution in [2.24, 2.45) is 0 Å². The van der Waals surface area contributed by atoms with Crippen LogP contribution in [0.1, 0.15) is 18.9 Å². The molecule has 1 atom stereocenters. The van der Waals surface area contributed by atoms with Crippen LogP contribution in [0.3, 0.4) is 0 Å². The number of aryl methyl sites for hydroxylation is 1. The lowest BCUT2D eigenvalue weighted by Gasteiger charge is -2.28. The third-order valence-electron chi connectivity index (χ3n) is 3.04. The number of ether oxygens (including phenoxy) is 1. The van der Waals surface area contributed by atoms with Crippen LogP contribution >= 0.6 is 0 Å². The maximum atomic E-state index is 12.1. The van der Waals surface area contributed by atoms with Crippen molar-refractivity contribution in [2.45, 2.75) is 26.4 Å². The first-order valence-electron chi connectivity index (χ1n) is 6.36. The highest BCUT2D eigenvalue weighted by Crippen LogP contribution is 2.30. The molecule has 0 aromatic heterocycles. The molecule has 0 aliphatic carbocycles. The number of nitrogens with one attached hydrogen (secondary N) is 1. The summed E-state index contributed by atoms with van der Waals surface area (Å²) in [5.41, 5.74) is 1.64. The molecule has 1 aliphatic heterocycles. The summed E-state index contributed by atoms with van der Waals surface area (Å²) in [6, 6.07) is 5.47. The lowest BCUT2D eigenvalue weighted by atomic mass is 10.1. The Hall–Kier alpha value is -2.04. The van der Waals surface area contributed by atoms with E-state index >= 15 is 0 Å². The SMILES string of the molecule is CCCN(C)C(=O)[C@@H]1Oc2ccc(C)cc2NC1=O. The minimum Gasteiger partial charge on any atom is -0.468 e. The van der Waals surface area contributed by atoms with Gasteiger partial charge in [-0.3, -0.25) is 9.59 Å². The lowest BCUT2D eigenvalue weighted by Crippen LogP contribution is -2.49. The third-order valence-corrected chi connectivity index (χ3v) is 3.04. The summed E-state index contributed by atoms with van der Waals surface area (Å²) in [5.74, 6) is -0.190. The highest BCUT2D eigenvalue weighted by atomic mass is 16.5. The second kappa shape index (κ2) is 5.30. The molecule has 2 amide bonds. The van der Waals surface area contributed by atoms with E-state index < -0.39 is 12.0 Å². The second-order valence-corrected chi connectivity index (χ2v) is 4.75. The van der Waals surface area contributed by atoms with E-state index in [0.29, 0.717) is 18.0 Å². The van der Waals surface area contributed by atoms with Gasteiger partial charge >= 0.3 is 0 Å². The van der Waals surface area contributed by atoms with Crippen LogP contribution in [-0.2, 0) is 9.59 Å². The molecule has 0 saturated heterocycles. The molecule has 1 aromatic rings. The zero-order valence-electron chi connectivity index (χ0n) is 11.4. The number of carbonyl (C=O) groups excluding carboxylic acids is 2. The number of likely N-dealkylation sites (N-methyl/N-ethyl adjacent to an activating group) is 1. The quantitative estimate of drug-likeness (QED) is 0.841. The van der Waals surface area contributed by atoms with E-state index in [1.165, 1.54) is 4.90 Å². The Morgan fingerprint density at radius 2 is 2.21 bits per heavy atom. The number of anilines is 1. The summed E-state index contributed by atoms with van der Waals surface area (Å²) in [6.07, 6.45) is -0.251. The summed E-state index contributed by atoms with van der Waals surface area (Å²) >= 11 is 0. The summed E-state index contributed by atoms with van der Waals surface area (Å²) in [4.78, 5) is 25.6. The van der Waals surface area contributed by atoms with Crippen LogP contribution in [0.4, 0.5) is 5.69 Å². The first kappa shape index (κ1) is 13.4. The van der Waals surface area contributed by atoms with Crippen LogP contribution in [0.2, 0.25) is 0 Å². The highest BCUT2D eigenvalue weighted by molar-refractivity contribution is 6.11. The fourth-order valence-corrected chi connectivity index (χ4v) is 2.03. The molecule has 1 aliphatic rings. The topological polar surface area (TPSA) is 58.6 Å². The number of rotatable bonds is 3. The van der Waals surface area contributed by atoms with Gasteiger partial charge in [0.25, 0.3) is 17.9 Å². The van der Waals surface area contributed by atoms with Gasteiger partial charge < -0.3 is 15.0 Å². The van der Waals surface area contributed by atoms with Crippen molar-refractivity contribution >= 4 is 17.5 Å². The van der Waals surface area contributed by atoms with Gasteiger partial charge in [0.05, 0.1) is 5.69 Å². The lowest BCUT2D eigenvalue weighted by molar-refractivity contribution is -0.143. The molecule has 1 N–H and O–H groups in total. The molecule has 5 heteroatoms. The summed E-state index contributed by atoms with van der Waals surface area (Å²) in [7, 11) is 1.67. The fraction of sp³-hybridized carbons (Fsp3) is 0.429. The molecule has 19 heavy (non-hydrogen) atoms. The van der Waals surface area contributed by atoms with Crippen molar-refractivity contribution in [3.8, 4) is 5.75 Å². The van der Waals surface area contributed by atoms with E-state index in [2.05, 4.69) is 5.32 Å². The molecule has 1 heterocycles. The van der Waals surface area contributed by atoms with Gasteiger partial charge in [-0.1, -0.05) is 13.0 Å². The Labute approximate surface area is 112 Å². The second-order valence-electron chi connectivity index (χ2n) is 4.75. The van der Waals surface area contributed by atoms with Gasteiger partial charge in [-0.15, -0.1) is 0 Å². The van der Waals surface area contributed by atoms with Gasteiger partial charge in [0, 0.05) is 13.6 Å². The van der Waals surface area contributed by atoms with Gasteiger partial charge in [-0.05, 0) is 31.0 Å². The molecule has 0 radical (unpaired) electrons. The summed E-state index contributed by atoms with van der Waals surface area (Å²) < 4.78 is 5.53. The molecular weight excluding hydrogens is 244 g/mol. The van der Waals surface area contributed by atoms with E-state index in [4.69, 9.17) is 4.74 Å². The molecular formula is C14H18N2O3. The summed E-state index contributed by atoms with van der Waals surface area (Å²) in [5, 5.41) is 2.72. The van der Waals surface area contributed by atoms with Gasteiger partial charge in [-0.2, -0.15) is 0 Å². The average molecular weight is 262 g/mol. The minimum atomic E-state index is -1.09. The standard InChI is InChI=1S/C14H18N2O3/c1-4-7-16(3)14(18)12-13(17)15-10-8-9(2)5-6-11(10)19-12/h5-6,8,12H,4,7H2,1-3H3,(H,15,17)/t12-/m1/s1. The zero-order chi connectivity index (χ0) is 14.0. The molecule has 0 unspecified atom stereocenters. The molecule has 102 valence electrons. The van der Waals surface area contributed by atoms with E-state index in [0.717, 1.165) is 12.0 Å². The number of hydrogen-bond donors (Lipinski definition) is 1. The largest absolute Gasteiger partial charge is 0.468 e. The van der Waals surface area contributed by atoms with Gasteiger partial charge in [0.15, 0.2) is 0 Å². The van der Waals surface area contributed by atoms with E-state index in [9.17, 15) is 9.59 Å². The van der Waals surface area contributed by atoms with Crippen molar-refractivity contribution in [3.63, 3.8) is 0 Å². The van der Waals surface area contributed by atoms with Crippen LogP contribution in [0.5, 0.6) is 5.75 Å². The zero-order valence-corrected chi connectivity index (χ0v) is 11.4. The van der Waals surface area contributed by atoms with Gasteiger partial charge in [0.2, 0.25) is 0 Å². The van der Waals surface area contributed by atoms with E-state index in [1.807, 2.05) is 26.0 Å². The predicted octanol–water partition coefficient (Wildman–Crippen LogP) is 1.56. The van der Waals surface area contributed by atoms with Crippen molar-refractivity contribution in [1.29, 1.82) is 0 Å². The monoisotopic (exact) mass is 262 g/mol. The van der Waals surface area contributed by atoms with Crippen LogP contribution in [0, 0.1) is 6.92 Å². The predicted molar refractivity (Wildman–Crippen MR) is 72.2 cm³/mol. The smallest absolute Gasteiger partial charge is 0.275 e. The Morgan fingerprint density at radius 1 is 1.47 bits per heavy atom. The van der Waals surface area contributed by atoms with Crippen molar-refractivity contribution in [3.05, 3.63) is 23.8 Å². The van der Waals surface area contributed by atoms with Crippen molar-refractivity contribution in [1.82, 2.24) is 4.90 Å². The molecule has 5 nitrogen and oxygen atoms in total. The molecule has 1 aromatic carbocycles. The van der Waals surface area contributed by atoms with E-state index in [1.54, 1.807) is 13.1 Å². The molecule has 2 rings (SSSR count). The number of hydrogen-bond acceptors (Lipinski definition) is 3. The molecule has 0 bridgehead atoms. The normalized spacial score (nSPS) is 17.2. The minimum absolute atomic E-state index is 0.314. The van der Waals surface area contributed by atoms with Crippen LogP contribution in [0.25, 0.3) is 0 Å². The number of carbonyl (C=O) groups is 2. The van der Waals surface area contributed by atoms with Gasteiger partial charge in [-0.25, -0.2) is 0 Å². The molecule has 0 spiro atoms. The van der Waals surface area contributed by atoms with Crippen LogP contribution in [0.15, 0.2) is 18.2 Å². The number of nitrogens with zero attached hydrogens (tertiary/aromatic N) is 1. The fourth-order valence-electron chi connectivity index (χ4n) is 2.03. The van der Waals surface area contributed by atoms with Crippen LogP contribution < -0.4 is 10.1 Å². The maximum Gasteiger partial charge on any atom is 0.275 e. The Bertz CT molecular complexity index is 513. The first-order chi connectivity index (χ1) is 9.02. The number of benzene rings is 1. The van der Waals surface area contributed by atoms with Crippen molar-refractivity contribution < 1.29 is 14.3 Å². The number of amides is 2. The maximum absolute atomic E-state index is 12.1.